The highest BCUT2D eigenvalue weighted by Gasteiger charge is 2.50. The van der Waals surface area contributed by atoms with Gasteiger partial charge in [0.2, 0.25) is 0 Å². The first-order valence-corrected chi connectivity index (χ1v) is 7.80. The molecule has 0 aromatic heterocycles. The molecule has 0 aromatic carbocycles. The lowest BCUT2D eigenvalue weighted by atomic mass is 9.50. The zero-order valence-electron chi connectivity index (χ0n) is 11.7. The smallest absolute Gasteiger partial charge is 0.0638 e. The van der Waals surface area contributed by atoms with Crippen LogP contribution in [0.15, 0.2) is 0 Å². The van der Waals surface area contributed by atoms with Crippen molar-refractivity contribution in [3.63, 3.8) is 0 Å². The van der Waals surface area contributed by atoms with Gasteiger partial charge in [0, 0.05) is 12.1 Å². The number of rotatable bonds is 4. The molecular formula is C16H26N2. The van der Waals surface area contributed by atoms with Crippen LogP contribution in [0.5, 0.6) is 0 Å². The molecule has 1 unspecified atom stereocenters. The minimum absolute atomic E-state index is 0.449. The first-order valence-electron chi connectivity index (χ1n) is 7.80. The molecule has 100 valence electrons. The molecular weight excluding hydrogens is 220 g/mol. The summed E-state index contributed by atoms with van der Waals surface area (Å²) in [5.41, 5.74) is 0. The van der Waals surface area contributed by atoms with Crippen LogP contribution < -0.4 is 5.32 Å². The van der Waals surface area contributed by atoms with Crippen molar-refractivity contribution < 1.29 is 0 Å². The average Bonchev–Trinajstić information content (AvgIpc) is 2.26. The largest absolute Gasteiger partial charge is 0.310 e. The molecule has 0 amide bonds. The van der Waals surface area contributed by atoms with Crippen LogP contribution in [0, 0.1) is 40.9 Å². The number of hydrogen-bond acceptors (Lipinski definition) is 2. The molecule has 0 spiro atoms. The molecule has 2 nitrogen and oxygen atoms in total. The second-order valence-corrected chi connectivity index (χ2v) is 7.30. The lowest BCUT2D eigenvalue weighted by Gasteiger charge is -2.56. The van der Waals surface area contributed by atoms with Crippen LogP contribution in [-0.4, -0.2) is 12.1 Å². The topological polar surface area (TPSA) is 35.8 Å². The highest BCUT2D eigenvalue weighted by Crippen LogP contribution is 2.57. The van der Waals surface area contributed by atoms with Crippen molar-refractivity contribution in [2.45, 2.75) is 64.5 Å². The van der Waals surface area contributed by atoms with Crippen molar-refractivity contribution in [1.29, 1.82) is 5.26 Å². The van der Waals surface area contributed by atoms with Crippen molar-refractivity contribution in [2.75, 3.05) is 0 Å². The predicted molar refractivity (Wildman–Crippen MR) is 72.8 cm³/mol. The van der Waals surface area contributed by atoms with Gasteiger partial charge in [0.1, 0.15) is 0 Å². The molecule has 0 radical (unpaired) electrons. The molecule has 0 aromatic rings. The molecule has 0 heterocycles. The molecule has 4 bridgehead atoms. The standard InChI is InChI=1S/C16H26N2/c1-10(2)18-15(3-4-17)16-13-6-11-5-12(8-13)9-14(16)7-11/h10-16,18H,3,5-9H2,1-2H3. The van der Waals surface area contributed by atoms with E-state index in [2.05, 4.69) is 25.2 Å². The van der Waals surface area contributed by atoms with E-state index in [0.29, 0.717) is 18.5 Å². The van der Waals surface area contributed by atoms with E-state index in [0.717, 1.165) is 29.6 Å². The molecule has 4 fully saturated rings. The zero-order chi connectivity index (χ0) is 12.7. The molecule has 1 atom stereocenters. The quantitative estimate of drug-likeness (QED) is 0.826. The minimum atomic E-state index is 0.449. The predicted octanol–water partition coefficient (Wildman–Crippen LogP) is 3.34. The Morgan fingerprint density at radius 3 is 2.06 bits per heavy atom. The Morgan fingerprint density at radius 1 is 1.06 bits per heavy atom. The van der Waals surface area contributed by atoms with Gasteiger partial charge in [-0.2, -0.15) is 5.26 Å². The van der Waals surface area contributed by atoms with E-state index in [1.165, 1.54) is 32.1 Å². The first-order chi connectivity index (χ1) is 8.67. The van der Waals surface area contributed by atoms with Crippen LogP contribution in [0.25, 0.3) is 0 Å². The van der Waals surface area contributed by atoms with Crippen LogP contribution in [-0.2, 0) is 0 Å². The molecule has 4 rings (SSSR count). The summed E-state index contributed by atoms with van der Waals surface area (Å²) in [7, 11) is 0. The van der Waals surface area contributed by atoms with E-state index in [4.69, 9.17) is 5.26 Å². The van der Waals surface area contributed by atoms with Gasteiger partial charge in [0.25, 0.3) is 0 Å². The molecule has 2 heteroatoms. The maximum Gasteiger partial charge on any atom is 0.0638 e. The van der Waals surface area contributed by atoms with Gasteiger partial charge in [-0.05, 0) is 61.7 Å². The second kappa shape index (κ2) is 4.85. The molecule has 0 saturated heterocycles. The summed E-state index contributed by atoms with van der Waals surface area (Å²) in [4.78, 5) is 0. The van der Waals surface area contributed by atoms with E-state index in [-0.39, 0.29) is 0 Å². The molecule has 1 N–H and O–H groups in total. The summed E-state index contributed by atoms with van der Waals surface area (Å²) in [5, 5.41) is 12.8. The maximum absolute atomic E-state index is 9.11. The Bertz CT molecular complexity index is 313. The van der Waals surface area contributed by atoms with Crippen molar-refractivity contribution in [3.05, 3.63) is 0 Å². The Balaban J connectivity index is 1.75. The fraction of sp³-hybridized carbons (Fsp3) is 0.938. The van der Waals surface area contributed by atoms with Gasteiger partial charge >= 0.3 is 0 Å². The average molecular weight is 246 g/mol. The molecule has 0 aliphatic heterocycles. The van der Waals surface area contributed by atoms with Crippen molar-refractivity contribution in [2.24, 2.45) is 29.6 Å². The number of nitrogens with zero attached hydrogens (tertiary/aromatic N) is 1. The zero-order valence-corrected chi connectivity index (χ0v) is 11.7. The monoisotopic (exact) mass is 246 g/mol. The van der Waals surface area contributed by atoms with Crippen molar-refractivity contribution >= 4 is 0 Å². The molecule has 4 aliphatic rings. The fourth-order valence-electron chi connectivity index (χ4n) is 5.46. The van der Waals surface area contributed by atoms with E-state index in [1.807, 2.05) is 0 Å². The SMILES string of the molecule is CC(C)NC(CC#N)C1C2CC3CC(C2)CC1C3. The van der Waals surface area contributed by atoms with Crippen molar-refractivity contribution in [1.82, 2.24) is 5.32 Å². The van der Waals surface area contributed by atoms with Gasteiger partial charge < -0.3 is 5.32 Å². The van der Waals surface area contributed by atoms with E-state index < -0.39 is 0 Å². The maximum atomic E-state index is 9.11. The van der Waals surface area contributed by atoms with Gasteiger partial charge in [-0.15, -0.1) is 0 Å². The van der Waals surface area contributed by atoms with Gasteiger partial charge in [0.15, 0.2) is 0 Å². The van der Waals surface area contributed by atoms with Gasteiger partial charge in [-0.3, -0.25) is 0 Å². The van der Waals surface area contributed by atoms with Gasteiger partial charge in [-0.25, -0.2) is 0 Å². The van der Waals surface area contributed by atoms with E-state index in [1.54, 1.807) is 0 Å². The number of nitrogens with one attached hydrogen (secondary N) is 1. The Hall–Kier alpha value is -0.550. The number of nitriles is 1. The normalized spacial score (nSPS) is 43.1. The van der Waals surface area contributed by atoms with Crippen LogP contribution >= 0.6 is 0 Å². The summed E-state index contributed by atoms with van der Waals surface area (Å²) in [6.45, 7) is 4.42. The molecule has 4 aliphatic carbocycles. The van der Waals surface area contributed by atoms with Crippen molar-refractivity contribution in [3.8, 4) is 6.07 Å². The summed E-state index contributed by atoms with van der Waals surface area (Å²) < 4.78 is 0. The Labute approximate surface area is 111 Å². The third-order valence-corrected chi connectivity index (χ3v) is 5.62. The van der Waals surface area contributed by atoms with Crippen LogP contribution in [0.1, 0.15) is 52.4 Å². The lowest BCUT2D eigenvalue weighted by molar-refractivity contribution is -0.0521. The highest BCUT2D eigenvalue weighted by atomic mass is 15.0. The highest BCUT2D eigenvalue weighted by molar-refractivity contribution is 5.03. The summed E-state index contributed by atoms with van der Waals surface area (Å²) in [6, 6.07) is 3.37. The minimum Gasteiger partial charge on any atom is -0.310 e. The fourth-order valence-corrected chi connectivity index (χ4v) is 5.46. The van der Waals surface area contributed by atoms with E-state index in [9.17, 15) is 0 Å². The summed E-state index contributed by atoms with van der Waals surface area (Å²) >= 11 is 0. The summed E-state index contributed by atoms with van der Waals surface area (Å²) in [5.74, 6) is 4.70. The third kappa shape index (κ3) is 2.18. The van der Waals surface area contributed by atoms with Crippen LogP contribution in [0.4, 0.5) is 0 Å². The van der Waals surface area contributed by atoms with Gasteiger partial charge in [0.05, 0.1) is 12.5 Å². The van der Waals surface area contributed by atoms with E-state index >= 15 is 0 Å². The second-order valence-electron chi connectivity index (χ2n) is 7.30. The summed E-state index contributed by atoms with van der Waals surface area (Å²) in [6.07, 6.45) is 8.04. The lowest BCUT2D eigenvalue weighted by Crippen LogP contribution is -2.54. The first kappa shape index (κ1) is 12.5. The van der Waals surface area contributed by atoms with Gasteiger partial charge in [-0.1, -0.05) is 13.8 Å². The molecule has 18 heavy (non-hydrogen) atoms. The Kier molecular flexibility index (Phi) is 3.36. The third-order valence-electron chi connectivity index (χ3n) is 5.62. The molecule has 4 saturated carbocycles. The van der Waals surface area contributed by atoms with Crippen LogP contribution in [0.3, 0.4) is 0 Å². The number of hydrogen-bond donors (Lipinski definition) is 1. The Morgan fingerprint density at radius 2 is 1.61 bits per heavy atom. The van der Waals surface area contributed by atoms with Crippen LogP contribution in [0.2, 0.25) is 0 Å².